The van der Waals surface area contributed by atoms with Gasteiger partial charge in [0.05, 0.1) is 10.5 Å². The van der Waals surface area contributed by atoms with Crippen LogP contribution in [0.25, 0.3) is 10.8 Å². The third-order valence-corrected chi connectivity index (χ3v) is 5.14. The Hall–Kier alpha value is -2.18. The Morgan fingerprint density at radius 1 is 0.958 bits per heavy atom. The Labute approximate surface area is 148 Å². The standard InChI is InChI=1S/C18H13BrO4S/c1-24(21,22)17-5-3-2-4-16(17)18(20)23-15-9-7-12-10-14(19)8-6-13(12)11-15/h2-11H,1H3. The number of benzene rings is 3. The summed E-state index contributed by atoms with van der Waals surface area (Å²) >= 11 is 3.41. The Morgan fingerprint density at radius 3 is 2.38 bits per heavy atom. The first-order valence-electron chi connectivity index (χ1n) is 7.05. The van der Waals surface area contributed by atoms with E-state index in [0.29, 0.717) is 5.75 Å². The summed E-state index contributed by atoms with van der Waals surface area (Å²) in [6.45, 7) is 0. The Morgan fingerprint density at radius 2 is 1.62 bits per heavy atom. The molecule has 0 radical (unpaired) electrons. The highest BCUT2D eigenvalue weighted by Gasteiger charge is 2.19. The molecule has 24 heavy (non-hydrogen) atoms. The van der Waals surface area contributed by atoms with Gasteiger partial charge in [0.2, 0.25) is 0 Å². The molecule has 3 aromatic rings. The first-order valence-corrected chi connectivity index (χ1v) is 9.73. The van der Waals surface area contributed by atoms with Gasteiger partial charge in [-0.1, -0.05) is 40.2 Å². The van der Waals surface area contributed by atoms with E-state index in [2.05, 4.69) is 15.9 Å². The first kappa shape index (κ1) is 16.7. The summed E-state index contributed by atoms with van der Waals surface area (Å²) in [5, 5.41) is 1.92. The monoisotopic (exact) mass is 404 g/mol. The highest BCUT2D eigenvalue weighted by atomic mass is 79.9. The van der Waals surface area contributed by atoms with Gasteiger partial charge in [0.1, 0.15) is 5.75 Å². The molecule has 0 atom stereocenters. The number of carbonyl (C=O) groups is 1. The molecule has 6 heteroatoms. The molecule has 0 saturated heterocycles. The summed E-state index contributed by atoms with van der Waals surface area (Å²) in [5.41, 5.74) is 0.0240. The molecule has 0 aromatic heterocycles. The molecule has 3 aromatic carbocycles. The van der Waals surface area contributed by atoms with Crippen LogP contribution in [0.2, 0.25) is 0 Å². The van der Waals surface area contributed by atoms with E-state index in [0.717, 1.165) is 21.5 Å². The topological polar surface area (TPSA) is 60.4 Å². The predicted octanol–water partition coefficient (Wildman–Crippen LogP) is 4.23. The zero-order valence-electron chi connectivity index (χ0n) is 12.7. The molecular weight excluding hydrogens is 392 g/mol. The van der Waals surface area contributed by atoms with Crippen LogP contribution in [0, 0.1) is 0 Å². The number of fused-ring (bicyclic) bond motifs is 1. The zero-order valence-corrected chi connectivity index (χ0v) is 15.1. The van der Waals surface area contributed by atoms with Crippen LogP contribution in [0.5, 0.6) is 5.75 Å². The number of ether oxygens (including phenoxy) is 1. The molecule has 0 bridgehead atoms. The Kier molecular flexibility index (Phi) is 4.43. The SMILES string of the molecule is CS(=O)(=O)c1ccccc1C(=O)Oc1ccc2cc(Br)ccc2c1. The second-order valence-electron chi connectivity index (χ2n) is 5.31. The van der Waals surface area contributed by atoms with Crippen molar-refractivity contribution in [1.82, 2.24) is 0 Å². The molecule has 3 rings (SSSR count). The van der Waals surface area contributed by atoms with Gasteiger partial charge in [0, 0.05) is 10.7 Å². The maximum atomic E-state index is 12.4. The second kappa shape index (κ2) is 6.37. The number of sulfone groups is 1. The van der Waals surface area contributed by atoms with E-state index < -0.39 is 15.8 Å². The van der Waals surface area contributed by atoms with Crippen molar-refractivity contribution >= 4 is 42.5 Å². The van der Waals surface area contributed by atoms with Crippen molar-refractivity contribution in [2.24, 2.45) is 0 Å². The number of hydrogen-bond donors (Lipinski definition) is 0. The summed E-state index contributed by atoms with van der Waals surface area (Å²) in [6, 6.07) is 17.0. The van der Waals surface area contributed by atoms with E-state index in [4.69, 9.17) is 4.74 Å². The summed E-state index contributed by atoms with van der Waals surface area (Å²) in [5.74, 6) is -0.342. The molecule has 0 spiro atoms. The third kappa shape index (κ3) is 3.49. The van der Waals surface area contributed by atoms with Crippen LogP contribution in [-0.2, 0) is 9.84 Å². The molecule has 4 nitrogen and oxygen atoms in total. The van der Waals surface area contributed by atoms with Crippen LogP contribution in [0.3, 0.4) is 0 Å². The van der Waals surface area contributed by atoms with Crippen molar-refractivity contribution in [2.45, 2.75) is 4.90 Å². The molecule has 0 unspecified atom stereocenters. The van der Waals surface area contributed by atoms with Crippen molar-refractivity contribution in [3.8, 4) is 5.75 Å². The van der Waals surface area contributed by atoms with Gasteiger partial charge < -0.3 is 4.74 Å². The fourth-order valence-electron chi connectivity index (χ4n) is 2.38. The van der Waals surface area contributed by atoms with Crippen LogP contribution in [0.1, 0.15) is 10.4 Å². The lowest BCUT2D eigenvalue weighted by atomic mass is 10.1. The van der Waals surface area contributed by atoms with Gasteiger partial charge >= 0.3 is 5.97 Å². The minimum absolute atomic E-state index is 0.0240. The Bertz CT molecular complexity index is 1040. The van der Waals surface area contributed by atoms with E-state index in [1.165, 1.54) is 12.1 Å². The first-order chi connectivity index (χ1) is 11.3. The maximum Gasteiger partial charge on any atom is 0.344 e. The van der Waals surface area contributed by atoms with Gasteiger partial charge in [-0.15, -0.1) is 0 Å². The van der Waals surface area contributed by atoms with Gasteiger partial charge in [0.25, 0.3) is 0 Å². The van der Waals surface area contributed by atoms with Gasteiger partial charge in [-0.3, -0.25) is 0 Å². The molecular formula is C18H13BrO4S. The highest BCUT2D eigenvalue weighted by molar-refractivity contribution is 9.10. The minimum atomic E-state index is -3.52. The summed E-state index contributed by atoms with van der Waals surface area (Å²) in [6.07, 6.45) is 1.06. The van der Waals surface area contributed by atoms with Gasteiger partial charge in [-0.05, 0) is 47.2 Å². The molecule has 0 aliphatic rings. The number of hydrogen-bond acceptors (Lipinski definition) is 4. The quantitative estimate of drug-likeness (QED) is 0.484. The molecule has 0 N–H and O–H groups in total. The molecule has 0 amide bonds. The molecule has 0 heterocycles. The molecule has 122 valence electrons. The van der Waals surface area contributed by atoms with Gasteiger partial charge in [-0.2, -0.15) is 0 Å². The highest BCUT2D eigenvalue weighted by Crippen LogP contribution is 2.25. The van der Waals surface area contributed by atoms with Crippen molar-refractivity contribution in [2.75, 3.05) is 6.26 Å². The lowest BCUT2D eigenvalue weighted by Gasteiger charge is -2.09. The summed E-state index contributed by atoms with van der Waals surface area (Å²) in [7, 11) is -3.52. The van der Waals surface area contributed by atoms with Gasteiger partial charge in [-0.25, -0.2) is 13.2 Å². The Balaban J connectivity index is 1.95. The van der Waals surface area contributed by atoms with Crippen LogP contribution in [0.4, 0.5) is 0 Å². The fraction of sp³-hybridized carbons (Fsp3) is 0.0556. The minimum Gasteiger partial charge on any atom is -0.423 e. The molecule has 0 fully saturated rings. The average molecular weight is 405 g/mol. The lowest BCUT2D eigenvalue weighted by molar-refractivity contribution is 0.0731. The zero-order chi connectivity index (χ0) is 17.3. The second-order valence-corrected chi connectivity index (χ2v) is 8.21. The summed E-state index contributed by atoms with van der Waals surface area (Å²) < 4.78 is 29.9. The van der Waals surface area contributed by atoms with E-state index in [9.17, 15) is 13.2 Å². The van der Waals surface area contributed by atoms with E-state index >= 15 is 0 Å². The average Bonchev–Trinajstić information content (AvgIpc) is 2.54. The predicted molar refractivity (Wildman–Crippen MR) is 96.2 cm³/mol. The van der Waals surface area contributed by atoms with Crippen LogP contribution < -0.4 is 4.74 Å². The van der Waals surface area contributed by atoms with Crippen LogP contribution in [0.15, 0.2) is 70.0 Å². The molecule has 0 saturated carbocycles. The molecule has 0 aliphatic carbocycles. The number of rotatable bonds is 3. The van der Waals surface area contributed by atoms with Crippen molar-refractivity contribution in [3.05, 3.63) is 70.7 Å². The van der Waals surface area contributed by atoms with Crippen LogP contribution in [-0.4, -0.2) is 20.6 Å². The largest absolute Gasteiger partial charge is 0.423 e. The summed E-state index contributed by atoms with van der Waals surface area (Å²) in [4.78, 5) is 12.3. The maximum absolute atomic E-state index is 12.4. The third-order valence-electron chi connectivity index (χ3n) is 3.49. The van der Waals surface area contributed by atoms with Crippen LogP contribution >= 0.6 is 15.9 Å². The lowest BCUT2D eigenvalue weighted by Crippen LogP contribution is -2.13. The number of esters is 1. The number of carbonyl (C=O) groups excluding carboxylic acids is 1. The van der Waals surface area contributed by atoms with E-state index in [1.54, 1.807) is 24.3 Å². The van der Waals surface area contributed by atoms with Crippen molar-refractivity contribution < 1.29 is 17.9 Å². The number of halogens is 1. The van der Waals surface area contributed by atoms with Gasteiger partial charge in [0.15, 0.2) is 9.84 Å². The van der Waals surface area contributed by atoms with E-state index in [1.807, 2.05) is 24.3 Å². The fourth-order valence-corrected chi connectivity index (χ4v) is 3.63. The van der Waals surface area contributed by atoms with Crippen molar-refractivity contribution in [3.63, 3.8) is 0 Å². The normalized spacial score (nSPS) is 11.4. The molecule has 0 aliphatic heterocycles. The van der Waals surface area contributed by atoms with Crippen molar-refractivity contribution in [1.29, 1.82) is 0 Å². The smallest absolute Gasteiger partial charge is 0.344 e. The van der Waals surface area contributed by atoms with E-state index in [-0.39, 0.29) is 10.5 Å².